The molecule has 1 N–H and O–H groups in total. The van der Waals surface area contributed by atoms with Crippen molar-refractivity contribution in [3.05, 3.63) is 35.4 Å². The summed E-state index contributed by atoms with van der Waals surface area (Å²) in [6.45, 7) is 5.47. The lowest BCUT2D eigenvalue weighted by Gasteiger charge is -2.03. The number of nitrogens with one attached hydrogen (secondary N) is 1. The number of aryl methyl sites for hydroxylation is 1. The highest BCUT2D eigenvalue weighted by Gasteiger charge is 2.31. The highest BCUT2D eigenvalue weighted by atomic mass is 15.0. The Bertz CT molecular complexity index is 293. The van der Waals surface area contributed by atoms with Crippen molar-refractivity contribution in [1.29, 1.82) is 0 Å². The molecule has 1 fully saturated rings. The first-order valence-electron chi connectivity index (χ1n) is 5.04. The Kier molecular flexibility index (Phi) is 2.36. The van der Waals surface area contributed by atoms with Crippen LogP contribution in [0, 0.1) is 12.8 Å². The van der Waals surface area contributed by atoms with Crippen LogP contribution >= 0.6 is 0 Å². The van der Waals surface area contributed by atoms with E-state index in [0.29, 0.717) is 0 Å². The average molecular weight is 175 g/mol. The highest BCUT2D eigenvalue weighted by molar-refractivity contribution is 5.22. The maximum Gasteiger partial charge on any atom is 0.0208 e. The zero-order valence-electron chi connectivity index (χ0n) is 8.38. The van der Waals surface area contributed by atoms with Gasteiger partial charge in [0.1, 0.15) is 0 Å². The van der Waals surface area contributed by atoms with Gasteiger partial charge in [-0.3, -0.25) is 0 Å². The van der Waals surface area contributed by atoms with E-state index in [1.165, 1.54) is 17.5 Å². The fourth-order valence-electron chi connectivity index (χ4n) is 1.68. The molecule has 1 aromatic carbocycles. The molecule has 1 aliphatic carbocycles. The van der Waals surface area contributed by atoms with E-state index < -0.39 is 0 Å². The molecule has 0 heterocycles. The smallest absolute Gasteiger partial charge is 0.0208 e. The second-order valence-corrected chi connectivity index (χ2v) is 4.19. The Morgan fingerprint density at radius 2 is 2.23 bits per heavy atom. The molecule has 0 amide bonds. The van der Waals surface area contributed by atoms with E-state index in [0.717, 1.165) is 18.5 Å². The molecule has 0 bridgehead atoms. The molecule has 1 heteroatoms. The summed E-state index contributed by atoms with van der Waals surface area (Å²) < 4.78 is 0. The van der Waals surface area contributed by atoms with Crippen molar-refractivity contribution in [3.8, 4) is 0 Å². The zero-order chi connectivity index (χ0) is 9.26. The van der Waals surface area contributed by atoms with E-state index in [-0.39, 0.29) is 0 Å². The highest BCUT2D eigenvalue weighted by Crippen LogP contribution is 2.29. The molecule has 2 rings (SSSR count). The van der Waals surface area contributed by atoms with Gasteiger partial charge in [0.25, 0.3) is 0 Å². The van der Waals surface area contributed by atoms with Gasteiger partial charge in [-0.15, -0.1) is 0 Å². The topological polar surface area (TPSA) is 12.0 Å². The average Bonchev–Trinajstić information content (AvgIpc) is 2.79. The summed E-state index contributed by atoms with van der Waals surface area (Å²) in [5.74, 6) is 0.893. The van der Waals surface area contributed by atoms with Crippen LogP contribution in [0.5, 0.6) is 0 Å². The van der Waals surface area contributed by atoms with Crippen LogP contribution in [0.4, 0.5) is 0 Å². The molecule has 1 aliphatic rings. The van der Waals surface area contributed by atoms with E-state index >= 15 is 0 Å². The minimum Gasteiger partial charge on any atom is -0.310 e. The third-order valence-electron chi connectivity index (χ3n) is 2.76. The van der Waals surface area contributed by atoms with Gasteiger partial charge in [-0.05, 0) is 24.8 Å². The Morgan fingerprint density at radius 3 is 2.85 bits per heavy atom. The minimum absolute atomic E-state index is 0.778. The molecule has 0 aliphatic heterocycles. The van der Waals surface area contributed by atoms with Crippen LogP contribution in [-0.2, 0) is 6.54 Å². The lowest BCUT2D eigenvalue weighted by molar-refractivity contribution is 0.652. The maximum atomic E-state index is 3.55. The standard InChI is InChI=1S/C12H17N/c1-9-4-3-5-11(6-9)8-13-12-7-10(12)2/h3-6,10,12-13H,7-8H2,1-2H3/t10-,12-/m1/s1. The van der Waals surface area contributed by atoms with Gasteiger partial charge in [-0.2, -0.15) is 0 Å². The molecule has 0 unspecified atom stereocenters. The molecule has 1 saturated carbocycles. The predicted molar refractivity (Wildman–Crippen MR) is 55.6 cm³/mol. The summed E-state index contributed by atoms with van der Waals surface area (Å²) in [7, 11) is 0. The molecule has 0 saturated heterocycles. The Balaban J connectivity index is 1.87. The summed E-state index contributed by atoms with van der Waals surface area (Å²) in [6, 6.07) is 9.49. The predicted octanol–water partition coefficient (Wildman–Crippen LogP) is 2.49. The normalized spacial score (nSPS) is 26.0. The van der Waals surface area contributed by atoms with Gasteiger partial charge in [0.15, 0.2) is 0 Å². The Hall–Kier alpha value is -0.820. The number of hydrogen-bond donors (Lipinski definition) is 1. The SMILES string of the molecule is Cc1cccc(CN[C@@H]2C[C@H]2C)c1. The summed E-state index contributed by atoms with van der Waals surface area (Å²) >= 11 is 0. The van der Waals surface area contributed by atoms with Crippen LogP contribution in [0.15, 0.2) is 24.3 Å². The van der Waals surface area contributed by atoms with Crippen molar-refractivity contribution in [2.24, 2.45) is 5.92 Å². The molecule has 2 atom stereocenters. The largest absolute Gasteiger partial charge is 0.310 e. The van der Waals surface area contributed by atoms with Crippen molar-refractivity contribution in [2.45, 2.75) is 32.9 Å². The van der Waals surface area contributed by atoms with E-state index in [2.05, 4.69) is 43.4 Å². The first kappa shape index (κ1) is 8.76. The molecule has 70 valence electrons. The molecule has 0 aromatic heterocycles. The molecular formula is C12H17N. The van der Waals surface area contributed by atoms with E-state index in [1.54, 1.807) is 0 Å². The van der Waals surface area contributed by atoms with Gasteiger partial charge in [0, 0.05) is 12.6 Å². The third kappa shape index (κ3) is 2.31. The van der Waals surface area contributed by atoms with Gasteiger partial charge in [0.05, 0.1) is 0 Å². The zero-order valence-corrected chi connectivity index (χ0v) is 8.38. The van der Waals surface area contributed by atoms with Crippen LogP contribution in [0.1, 0.15) is 24.5 Å². The second-order valence-electron chi connectivity index (χ2n) is 4.19. The summed E-state index contributed by atoms with van der Waals surface area (Å²) in [6.07, 6.45) is 1.35. The lowest BCUT2D eigenvalue weighted by Crippen LogP contribution is -2.16. The summed E-state index contributed by atoms with van der Waals surface area (Å²) in [5.41, 5.74) is 2.75. The van der Waals surface area contributed by atoms with Crippen molar-refractivity contribution < 1.29 is 0 Å². The Morgan fingerprint density at radius 1 is 1.46 bits per heavy atom. The van der Waals surface area contributed by atoms with Crippen LogP contribution in [-0.4, -0.2) is 6.04 Å². The van der Waals surface area contributed by atoms with Gasteiger partial charge in [-0.25, -0.2) is 0 Å². The van der Waals surface area contributed by atoms with Crippen molar-refractivity contribution >= 4 is 0 Å². The molecule has 0 spiro atoms. The van der Waals surface area contributed by atoms with E-state index in [1.807, 2.05) is 0 Å². The number of hydrogen-bond acceptors (Lipinski definition) is 1. The van der Waals surface area contributed by atoms with E-state index in [4.69, 9.17) is 0 Å². The monoisotopic (exact) mass is 175 g/mol. The van der Waals surface area contributed by atoms with Crippen LogP contribution < -0.4 is 5.32 Å². The van der Waals surface area contributed by atoms with Gasteiger partial charge < -0.3 is 5.32 Å². The maximum absolute atomic E-state index is 3.55. The van der Waals surface area contributed by atoms with Crippen LogP contribution in [0.2, 0.25) is 0 Å². The third-order valence-corrected chi connectivity index (χ3v) is 2.76. The van der Waals surface area contributed by atoms with E-state index in [9.17, 15) is 0 Å². The molecular weight excluding hydrogens is 158 g/mol. The minimum atomic E-state index is 0.778. The first-order valence-corrected chi connectivity index (χ1v) is 5.04. The van der Waals surface area contributed by atoms with Gasteiger partial charge in [-0.1, -0.05) is 36.8 Å². The van der Waals surface area contributed by atoms with Crippen LogP contribution in [0.25, 0.3) is 0 Å². The van der Waals surface area contributed by atoms with Crippen molar-refractivity contribution in [1.82, 2.24) is 5.32 Å². The molecule has 1 aromatic rings. The van der Waals surface area contributed by atoms with Crippen molar-refractivity contribution in [3.63, 3.8) is 0 Å². The quantitative estimate of drug-likeness (QED) is 0.744. The summed E-state index contributed by atoms with van der Waals surface area (Å²) in [4.78, 5) is 0. The number of benzene rings is 1. The molecule has 13 heavy (non-hydrogen) atoms. The second kappa shape index (κ2) is 3.51. The first-order chi connectivity index (χ1) is 6.25. The summed E-state index contributed by atoms with van der Waals surface area (Å²) in [5, 5.41) is 3.55. The van der Waals surface area contributed by atoms with Crippen molar-refractivity contribution in [2.75, 3.05) is 0 Å². The van der Waals surface area contributed by atoms with Gasteiger partial charge in [0.2, 0.25) is 0 Å². The number of rotatable bonds is 3. The van der Waals surface area contributed by atoms with Gasteiger partial charge >= 0.3 is 0 Å². The fraction of sp³-hybridized carbons (Fsp3) is 0.500. The fourth-order valence-corrected chi connectivity index (χ4v) is 1.68. The molecule has 1 nitrogen and oxygen atoms in total. The lowest BCUT2D eigenvalue weighted by atomic mass is 10.1. The molecule has 0 radical (unpaired) electrons. The van der Waals surface area contributed by atoms with Crippen LogP contribution in [0.3, 0.4) is 0 Å². The Labute approximate surface area is 80.2 Å².